The smallest absolute Gasteiger partial charge is 0.264 e. The van der Waals surface area contributed by atoms with Gasteiger partial charge in [-0.3, -0.25) is 13.9 Å². The molecule has 11 heteroatoms. The third-order valence-electron chi connectivity index (χ3n) is 7.37. The number of halogens is 2. The van der Waals surface area contributed by atoms with E-state index in [-0.39, 0.29) is 23.8 Å². The van der Waals surface area contributed by atoms with Gasteiger partial charge in [0.25, 0.3) is 10.0 Å². The second kappa shape index (κ2) is 15.6. The van der Waals surface area contributed by atoms with E-state index in [1.807, 2.05) is 64.3 Å². The predicted molar refractivity (Wildman–Crippen MR) is 193 cm³/mol. The Hall–Kier alpha value is -3.50. The molecule has 0 bridgehead atoms. The zero-order valence-corrected chi connectivity index (χ0v) is 30.2. The van der Waals surface area contributed by atoms with Crippen molar-refractivity contribution in [2.75, 3.05) is 17.1 Å². The van der Waals surface area contributed by atoms with Gasteiger partial charge >= 0.3 is 0 Å². The Morgan fingerprint density at radius 1 is 0.894 bits per heavy atom. The number of nitrogens with zero attached hydrogens (tertiary/aromatic N) is 2. The highest BCUT2D eigenvalue weighted by atomic mass is 35.5. The fourth-order valence-electron chi connectivity index (χ4n) is 4.95. The molecule has 4 aromatic carbocycles. The van der Waals surface area contributed by atoms with Gasteiger partial charge in [-0.25, -0.2) is 8.42 Å². The van der Waals surface area contributed by atoms with Crippen molar-refractivity contribution in [1.82, 2.24) is 10.2 Å². The Morgan fingerprint density at radius 3 is 2.11 bits per heavy atom. The van der Waals surface area contributed by atoms with Crippen molar-refractivity contribution >= 4 is 62.5 Å². The standard InChI is InChI=1S/C36H39Cl2N3O4S2/c1-25-11-15-29(16-12-25)41(47(44,45)31-19-17-30(46-5)18-20-31)24-34(42)40(23-27-13-14-28(37)22-32(27)38)33(35(43)39-36(2,3)4)21-26-9-7-6-8-10-26/h6-20,22,33H,21,23-24H2,1-5H3,(H,39,43)/t33-/m1/s1. The third-order valence-corrected chi connectivity index (χ3v) is 10.5. The number of hydrogen-bond acceptors (Lipinski definition) is 5. The van der Waals surface area contributed by atoms with Crippen LogP contribution in [0, 0.1) is 6.92 Å². The summed E-state index contributed by atoms with van der Waals surface area (Å²) in [5, 5.41) is 3.77. The molecule has 0 aromatic heterocycles. The molecular formula is C36H39Cl2N3O4S2. The monoisotopic (exact) mass is 711 g/mol. The van der Waals surface area contributed by atoms with E-state index in [4.69, 9.17) is 23.2 Å². The van der Waals surface area contributed by atoms with Crippen molar-refractivity contribution < 1.29 is 18.0 Å². The third kappa shape index (κ3) is 9.76. The quantitative estimate of drug-likeness (QED) is 0.152. The van der Waals surface area contributed by atoms with E-state index in [2.05, 4.69) is 5.32 Å². The number of aryl methyl sites for hydroxylation is 1. The number of nitrogens with one attached hydrogen (secondary N) is 1. The van der Waals surface area contributed by atoms with E-state index in [0.717, 1.165) is 20.3 Å². The molecule has 0 radical (unpaired) electrons. The maximum absolute atomic E-state index is 14.6. The molecule has 0 spiro atoms. The lowest BCUT2D eigenvalue weighted by atomic mass is 10.0. The van der Waals surface area contributed by atoms with Crippen LogP contribution in [-0.2, 0) is 32.6 Å². The Morgan fingerprint density at radius 2 is 1.53 bits per heavy atom. The molecule has 0 fully saturated rings. The Balaban J connectivity index is 1.83. The van der Waals surface area contributed by atoms with E-state index in [1.54, 1.807) is 54.6 Å². The van der Waals surface area contributed by atoms with Gasteiger partial charge in [0.1, 0.15) is 12.6 Å². The van der Waals surface area contributed by atoms with Crippen LogP contribution in [0.25, 0.3) is 0 Å². The van der Waals surface area contributed by atoms with E-state index in [1.165, 1.54) is 28.8 Å². The summed E-state index contributed by atoms with van der Waals surface area (Å²) < 4.78 is 29.6. The maximum Gasteiger partial charge on any atom is 0.264 e. The van der Waals surface area contributed by atoms with Crippen molar-refractivity contribution in [3.05, 3.63) is 124 Å². The molecule has 47 heavy (non-hydrogen) atoms. The fraction of sp³-hybridized carbons (Fsp3) is 0.278. The van der Waals surface area contributed by atoms with Gasteiger partial charge in [-0.2, -0.15) is 0 Å². The first-order chi connectivity index (χ1) is 22.2. The first-order valence-corrected chi connectivity index (χ1v) is 18.4. The van der Waals surface area contributed by atoms with Crippen LogP contribution in [0.15, 0.2) is 107 Å². The minimum Gasteiger partial charge on any atom is -0.350 e. The molecular weight excluding hydrogens is 673 g/mol. The van der Waals surface area contributed by atoms with E-state index in [9.17, 15) is 18.0 Å². The molecule has 4 rings (SSSR count). The summed E-state index contributed by atoms with van der Waals surface area (Å²) in [7, 11) is -4.21. The minimum atomic E-state index is -4.21. The minimum absolute atomic E-state index is 0.0438. The molecule has 0 heterocycles. The van der Waals surface area contributed by atoms with Crippen LogP contribution >= 0.6 is 35.0 Å². The highest BCUT2D eigenvalue weighted by Gasteiger charge is 2.36. The van der Waals surface area contributed by atoms with Gasteiger partial charge < -0.3 is 10.2 Å². The maximum atomic E-state index is 14.6. The molecule has 1 N–H and O–H groups in total. The number of carbonyl (C=O) groups is 2. The van der Waals surface area contributed by atoms with Crippen molar-refractivity contribution in [2.45, 2.75) is 62.0 Å². The predicted octanol–water partition coefficient (Wildman–Crippen LogP) is 7.77. The molecule has 7 nitrogen and oxygen atoms in total. The molecule has 248 valence electrons. The average Bonchev–Trinajstić information content (AvgIpc) is 3.02. The average molecular weight is 713 g/mol. The number of carbonyl (C=O) groups excluding carboxylic acids is 2. The molecule has 2 amide bonds. The lowest BCUT2D eigenvalue weighted by molar-refractivity contribution is -0.140. The zero-order chi connectivity index (χ0) is 34.4. The molecule has 0 aliphatic carbocycles. The molecule has 4 aromatic rings. The van der Waals surface area contributed by atoms with Crippen molar-refractivity contribution in [2.24, 2.45) is 0 Å². The number of rotatable bonds is 12. The van der Waals surface area contributed by atoms with Crippen LogP contribution in [0.2, 0.25) is 10.0 Å². The fourth-order valence-corrected chi connectivity index (χ4v) is 7.25. The molecule has 0 aliphatic heterocycles. The summed E-state index contributed by atoms with van der Waals surface area (Å²) in [5.41, 5.74) is 2.05. The highest BCUT2D eigenvalue weighted by molar-refractivity contribution is 7.98. The van der Waals surface area contributed by atoms with Crippen molar-refractivity contribution in [1.29, 1.82) is 0 Å². The van der Waals surface area contributed by atoms with Gasteiger partial charge in [0.15, 0.2) is 0 Å². The van der Waals surface area contributed by atoms with Crippen LogP contribution in [0.4, 0.5) is 5.69 Å². The molecule has 0 saturated heterocycles. The normalized spacial score (nSPS) is 12.3. The van der Waals surface area contributed by atoms with E-state index in [0.29, 0.717) is 21.3 Å². The van der Waals surface area contributed by atoms with Gasteiger partial charge in [0.2, 0.25) is 11.8 Å². The van der Waals surface area contributed by atoms with Crippen molar-refractivity contribution in [3.63, 3.8) is 0 Å². The Kier molecular flexibility index (Phi) is 12.1. The second-order valence-corrected chi connectivity index (χ2v) is 15.8. The van der Waals surface area contributed by atoms with Crippen LogP contribution in [-0.4, -0.2) is 49.5 Å². The van der Waals surface area contributed by atoms with Gasteiger partial charge in [0.05, 0.1) is 10.6 Å². The SMILES string of the molecule is CSc1ccc(S(=O)(=O)N(CC(=O)N(Cc2ccc(Cl)cc2Cl)[C@H](Cc2ccccc2)C(=O)NC(C)(C)C)c2ccc(C)cc2)cc1. The number of thioether (sulfide) groups is 1. The van der Waals surface area contributed by atoms with Gasteiger partial charge in [-0.15, -0.1) is 11.8 Å². The van der Waals surface area contributed by atoms with E-state index < -0.39 is 34.1 Å². The van der Waals surface area contributed by atoms with Gasteiger partial charge in [-0.05, 0) is 93.6 Å². The Labute approximate surface area is 292 Å². The zero-order valence-electron chi connectivity index (χ0n) is 27.0. The summed E-state index contributed by atoms with van der Waals surface area (Å²) in [5.74, 6) is -0.955. The summed E-state index contributed by atoms with van der Waals surface area (Å²) in [6.07, 6.45) is 2.09. The van der Waals surface area contributed by atoms with Crippen LogP contribution in [0.1, 0.15) is 37.5 Å². The van der Waals surface area contributed by atoms with E-state index >= 15 is 0 Å². The van der Waals surface area contributed by atoms with Crippen LogP contribution < -0.4 is 9.62 Å². The molecule has 0 saturated carbocycles. The molecule has 1 atom stereocenters. The van der Waals surface area contributed by atoms with Crippen LogP contribution in [0.3, 0.4) is 0 Å². The van der Waals surface area contributed by atoms with Gasteiger partial charge in [0, 0.05) is 33.4 Å². The van der Waals surface area contributed by atoms with Crippen LogP contribution in [0.5, 0.6) is 0 Å². The first-order valence-electron chi connectivity index (χ1n) is 15.0. The lowest BCUT2D eigenvalue weighted by Gasteiger charge is -2.35. The molecule has 0 aliphatic rings. The van der Waals surface area contributed by atoms with Crippen molar-refractivity contribution in [3.8, 4) is 0 Å². The topological polar surface area (TPSA) is 86.8 Å². The number of sulfonamides is 1. The highest BCUT2D eigenvalue weighted by Crippen LogP contribution is 2.28. The van der Waals surface area contributed by atoms with Gasteiger partial charge in [-0.1, -0.05) is 77.3 Å². The lowest BCUT2D eigenvalue weighted by Crippen LogP contribution is -2.56. The number of anilines is 1. The number of benzene rings is 4. The second-order valence-electron chi connectivity index (χ2n) is 12.2. The number of hydrogen-bond donors (Lipinski definition) is 1. The summed E-state index contributed by atoms with van der Waals surface area (Å²) in [6, 6.07) is 26.8. The summed E-state index contributed by atoms with van der Waals surface area (Å²) >= 11 is 14.3. The molecule has 0 unspecified atom stereocenters. The summed E-state index contributed by atoms with van der Waals surface area (Å²) in [6.45, 7) is 6.86. The number of amides is 2. The first kappa shape index (κ1) is 36.3. The largest absolute Gasteiger partial charge is 0.350 e. The summed E-state index contributed by atoms with van der Waals surface area (Å²) in [4.78, 5) is 31.0. The Bertz CT molecular complexity index is 1800.